The fraction of sp³-hybridized carbons (Fsp3) is 0.522. The van der Waals surface area contributed by atoms with Crippen molar-refractivity contribution in [1.82, 2.24) is 19.1 Å². The van der Waals surface area contributed by atoms with Crippen molar-refractivity contribution in [3.63, 3.8) is 0 Å². The standard InChI is InChI=1S/C23H26F4N4O3/c1-3-31-18(33)9-8-17-21(31)16(12-30(17)10-11-32)20-19(24)22(29-13(2)28-20)34-15-6-4-14(5-7-15)23(25,26)27/h8-9,12,14-15,32H,3-7,10-11H2,1-2H3. The average Bonchev–Trinajstić information content (AvgIpc) is 3.14. The highest BCUT2D eigenvalue weighted by Crippen LogP contribution is 2.39. The van der Waals surface area contributed by atoms with E-state index >= 15 is 4.39 Å². The lowest BCUT2D eigenvalue weighted by atomic mass is 9.87. The minimum Gasteiger partial charge on any atom is -0.472 e. The minimum absolute atomic E-state index is 0.0685. The predicted octanol–water partition coefficient (Wildman–Crippen LogP) is 4.22. The Labute approximate surface area is 193 Å². The Hall–Kier alpha value is -2.95. The van der Waals surface area contributed by atoms with Gasteiger partial charge in [-0.25, -0.2) is 4.98 Å². The molecular formula is C23H26F4N4O3. The number of alkyl halides is 3. The van der Waals surface area contributed by atoms with Crippen LogP contribution >= 0.6 is 0 Å². The number of aromatic nitrogens is 4. The average molecular weight is 482 g/mol. The van der Waals surface area contributed by atoms with Gasteiger partial charge in [0.25, 0.3) is 11.4 Å². The molecule has 11 heteroatoms. The van der Waals surface area contributed by atoms with Crippen molar-refractivity contribution in [2.24, 2.45) is 5.92 Å². The van der Waals surface area contributed by atoms with Crippen LogP contribution in [0, 0.1) is 18.7 Å². The predicted molar refractivity (Wildman–Crippen MR) is 117 cm³/mol. The van der Waals surface area contributed by atoms with E-state index in [9.17, 15) is 23.1 Å². The van der Waals surface area contributed by atoms with Gasteiger partial charge in [0.05, 0.1) is 23.6 Å². The second-order valence-corrected chi connectivity index (χ2v) is 8.48. The number of fused-ring (bicyclic) bond motifs is 1. The van der Waals surface area contributed by atoms with E-state index in [1.807, 2.05) is 0 Å². The molecule has 7 nitrogen and oxygen atoms in total. The van der Waals surface area contributed by atoms with Crippen molar-refractivity contribution in [1.29, 1.82) is 0 Å². The maximum Gasteiger partial charge on any atom is 0.391 e. The highest BCUT2D eigenvalue weighted by atomic mass is 19.4. The maximum atomic E-state index is 15.6. The summed E-state index contributed by atoms with van der Waals surface area (Å²) in [5.41, 5.74) is 1.12. The van der Waals surface area contributed by atoms with Gasteiger partial charge in [0.1, 0.15) is 17.6 Å². The Morgan fingerprint density at radius 1 is 1.18 bits per heavy atom. The topological polar surface area (TPSA) is 82.2 Å². The largest absolute Gasteiger partial charge is 0.472 e. The Morgan fingerprint density at radius 2 is 1.88 bits per heavy atom. The number of aliphatic hydroxyl groups excluding tert-OH is 1. The lowest BCUT2D eigenvalue weighted by Gasteiger charge is -2.30. The maximum absolute atomic E-state index is 15.6. The number of halogens is 4. The first kappa shape index (κ1) is 24.2. The number of hydrogen-bond donors (Lipinski definition) is 1. The zero-order chi connectivity index (χ0) is 24.6. The van der Waals surface area contributed by atoms with Crippen LogP contribution in [-0.4, -0.2) is 43.1 Å². The van der Waals surface area contributed by atoms with Gasteiger partial charge in [0.2, 0.25) is 5.82 Å². The quantitative estimate of drug-likeness (QED) is 0.532. The molecule has 0 aliphatic heterocycles. The molecular weight excluding hydrogens is 456 g/mol. The first-order chi connectivity index (χ1) is 16.1. The van der Waals surface area contributed by atoms with Crippen LogP contribution in [0.1, 0.15) is 38.4 Å². The number of pyridine rings is 1. The molecule has 184 valence electrons. The normalized spacial score (nSPS) is 19.0. The van der Waals surface area contributed by atoms with E-state index in [1.54, 1.807) is 30.7 Å². The highest BCUT2D eigenvalue weighted by molar-refractivity contribution is 5.92. The van der Waals surface area contributed by atoms with E-state index in [-0.39, 0.29) is 61.8 Å². The molecule has 34 heavy (non-hydrogen) atoms. The summed E-state index contributed by atoms with van der Waals surface area (Å²) in [5, 5.41) is 9.45. The van der Waals surface area contributed by atoms with E-state index < -0.39 is 24.0 Å². The minimum atomic E-state index is -4.24. The van der Waals surface area contributed by atoms with Crippen molar-refractivity contribution in [3.8, 4) is 17.1 Å². The van der Waals surface area contributed by atoms with Gasteiger partial charge in [-0.15, -0.1) is 0 Å². The molecule has 3 aromatic heterocycles. The van der Waals surface area contributed by atoms with Crippen molar-refractivity contribution in [2.45, 2.75) is 64.9 Å². The summed E-state index contributed by atoms with van der Waals surface area (Å²) >= 11 is 0. The molecule has 0 unspecified atom stereocenters. The lowest BCUT2D eigenvalue weighted by Crippen LogP contribution is -2.32. The van der Waals surface area contributed by atoms with Crippen LogP contribution in [0.5, 0.6) is 5.88 Å². The zero-order valence-corrected chi connectivity index (χ0v) is 18.9. The van der Waals surface area contributed by atoms with Crippen LogP contribution in [0.3, 0.4) is 0 Å². The summed E-state index contributed by atoms with van der Waals surface area (Å²) in [6, 6.07) is 3.03. The lowest BCUT2D eigenvalue weighted by molar-refractivity contribution is -0.185. The molecule has 0 radical (unpaired) electrons. The van der Waals surface area contributed by atoms with Crippen molar-refractivity contribution in [2.75, 3.05) is 6.61 Å². The SMILES string of the molecule is CCn1c(=O)ccc2c1c(-c1nc(C)nc(OC3CCC(C(F)(F)F)CC3)c1F)cn2CCO. The van der Waals surface area contributed by atoms with E-state index in [0.29, 0.717) is 23.1 Å². The number of ether oxygens (including phenoxy) is 1. The Kier molecular flexibility index (Phi) is 6.66. The second kappa shape index (κ2) is 9.36. The van der Waals surface area contributed by atoms with Crippen molar-refractivity contribution in [3.05, 3.63) is 40.3 Å². The van der Waals surface area contributed by atoms with Gasteiger partial charge < -0.3 is 19.0 Å². The second-order valence-electron chi connectivity index (χ2n) is 8.48. The van der Waals surface area contributed by atoms with Crippen molar-refractivity contribution >= 4 is 11.0 Å². The summed E-state index contributed by atoms with van der Waals surface area (Å²) in [6.45, 7) is 3.77. The molecule has 0 spiro atoms. The summed E-state index contributed by atoms with van der Waals surface area (Å²) in [6.07, 6.45) is -3.07. The van der Waals surface area contributed by atoms with E-state index in [1.165, 1.54) is 10.6 Å². The Balaban J connectivity index is 1.74. The highest BCUT2D eigenvalue weighted by Gasteiger charge is 2.42. The fourth-order valence-electron chi connectivity index (χ4n) is 4.60. The van der Waals surface area contributed by atoms with Crippen LogP contribution in [0.2, 0.25) is 0 Å². The molecule has 0 saturated heterocycles. The number of aryl methyl sites for hydroxylation is 2. The molecule has 0 amide bonds. The molecule has 1 aliphatic carbocycles. The van der Waals surface area contributed by atoms with Crippen molar-refractivity contribution < 1.29 is 27.4 Å². The Morgan fingerprint density at radius 3 is 2.50 bits per heavy atom. The first-order valence-electron chi connectivity index (χ1n) is 11.3. The number of rotatable bonds is 6. The van der Waals surface area contributed by atoms with Gasteiger partial charge in [0, 0.05) is 30.9 Å². The zero-order valence-electron chi connectivity index (χ0n) is 18.9. The van der Waals surface area contributed by atoms with Crippen LogP contribution < -0.4 is 10.3 Å². The first-order valence-corrected chi connectivity index (χ1v) is 11.3. The molecule has 1 saturated carbocycles. The summed E-state index contributed by atoms with van der Waals surface area (Å²) in [7, 11) is 0. The number of aliphatic hydroxyl groups is 1. The third-order valence-corrected chi connectivity index (χ3v) is 6.27. The van der Waals surface area contributed by atoms with E-state index in [2.05, 4.69) is 9.97 Å². The Bertz CT molecular complexity index is 1240. The van der Waals surface area contributed by atoms with Gasteiger partial charge in [-0.05, 0) is 45.6 Å². The van der Waals surface area contributed by atoms with Gasteiger partial charge >= 0.3 is 6.18 Å². The molecule has 1 N–H and O–H groups in total. The number of nitrogens with zero attached hydrogens (tertiary/aromatic N) is 4. The molecule has 0 bridgehead atoms. The van der Waals surface area contributed by atoms with Gasteiger partial charge in [-0.1, -0.05) is 0 Å². The van der Waals surface area contributed by atoms with Crippen LogP contribution in [-0.2, 0) is 13.1 Å². The van der Waals surface area contributed by atoms with Crippen LogP contribution in [0.4, 0.5) is 17.6 Å². The molecule has 0 aromatic carbocycles. The fourth-order valence-corrected chi connectivity index (χ4v) is 4.60. The molecule has 3 heterocycles. The summed E-state index contributed by atoms with van der Waals surface area (Å²) in [5.74, 6) is -2.31. The molecule has 4 rings (SSSR count). The third kappa shape index (κ3) is 4.53. The van der Waals surface area contributed by atoms with Gasteiger partial charge in [-0.3, -0.25) is 4.79 Å². The summed E-state index contributed by atoms with van der Waals surface area (Å²) in [4.78, 5) is 20.8. The molecule has 1 aliphatic rings. The smallest absolute Gasteiger partial charge is 0.391 e. The molecule has 1 fully saturated rings. The van der Waals surface area contributed by atoms with Gasteiger partial charge in [0.15, 0.2) is 0 Å². The number of hydrogen-bond acceptors (Lipinski definition) is 5. The molecule has 0 atom stereocenters. The third-order valence-electron chi connectivity index (χ3n) is 6.27. The monoisotopic (exact) mass is 482 g/mol. The van der Waals surface area contributed by atoms with Crippen LogP contribution in [0.15, 0.2) is 23.1 Å². The van der Waals surface area contributed by atoms with E-state index in [0.717, 1.165) is 0 Å². The van der Waals surface area contributed by atoms with Crippen LogP contribution in [0.25, 0.3) is 22.3 Å². The van der Waals surface area contributed by atoms with Gasteiger partial charge in [-0.2, -0.15) is 22.5 Å². The molecule has 3 aromatic rings. The van der Waals surface area contributed by atoms with E-state index in [4.69, 9.17) is 4.74 Å². The summed E-state index contributed by atoms with van der Waals surface area (Å²) < 4.78 is 63.5.